The second-order valence-corrected chi connectivity index (χ2v) is 8.84. The molecule has 4 rings (SSSR count). The van der Waals surface area contributed by atoms with Crippen LogP contribution in [0.1, 0.15) is 47.6 Å². The minimum atomic E-state index is -3.73. The lowest BCUT2D eigenvalue weighted by molar-refractivity contribution is 0.0491. The van der Waals surface area contributed by atoms with Crippen molar-refractivity contribution in [3.63, 3.8) is 0 Å². The average Bonchev–Trinajstić information content (AvgIpc) is 3.37. The zero-order valence-corrected chi connectivity index (χ0v) is 16.9. The molecule has 10 nitrogen and oxygen atoms in total. The van der Waals surface area contributed by atoms with Gasteiger partial charge in [0.2, 0.25) is 15.8 Å². The number of ether oxygens (including phenoxy) is 1. The number of sulfonamides is 1. The van der Waals surface area contributed by atoms with Crippen molar-refractivity contribution in [1.29, 1.82) is 0 Å². The summed E-state index contributed by atoms with van der Waals surface area (Å²) in [6, 6.07) is 4.61. The summed E-state index contributed by atoms with van der Waals surface area (Å²) >= 11 is 0. The number of aromatic amines is 1. The number of H-pyrrole nitrogens is 1. The highest BCUT2D eigenvalue weighted by molar-refractivity contribution is 7.89. The molecule has 1 N–H and O–H groups in total. The molecule has 0 bridgehead atoms. The number of aryl methyl sites for hydroxylation is 1. The van der Waals surface area contributed by atoms with Gasteiger partial charge in [0, 0.05) is 30.0 Å². The Morgan fingerprint density at radius 2 is 2.24 bits per heavy atom. The van der Waals surface area contributed by atoms with Crippen molar-refractivity contribution >= 4 is 27.0 Å². The number of esters is 1. The molecule has 1 aromatic carbocycles. The lowest BCUT2D eigenvalue weighted by atomic mass is 9.99. The van der Waals surface area contributed by atoms with Crippen LogP contribution in [0.25, 0.3) is 11.0 Å². The molecule has 3 heterocycles. The highest BCUT2D eigenvalue weighted by atomic mass is 32.2. The van der Waals surface area contributed by atoms with Gasteiger partial charge >= 0.3 is 5.97 Å². The van der Waals surface area contributed by atoms with Crippen LogP contribution in [0.4, 0.5) is 0 Å². The molecule has 1 fully saturated rings. The average molecular weight is 419 g/mol. The highest BCUT2D eigenvalue weighted by Crippen LogP contribution is 2.32. The number of hydrogen-bond acceptors (Lipinski definition) is 8. The van der Waals surface area contributed by atoms with Crippen molar-refractivity contribution in [2.24, 2.45) is 0 Å². The molecule has 0 saturated carbocycles. The summed E-state index contributed by atoms with van der Waals surface area (Å²) in [5.41, 5.74) is 0.992. The molecule has 0 aliphatic carbocycles. The molecule has 2 aromatic heterocycles. The number of rotatable bonds is 5. The van der Waals surface area contributed by atoms with E-state index in [1.807, 2.05) is 0 Å². The van der Waals surface area contributed by atoms with E-state index in [2.05, 4.69) is 20.6 Å². The largest absolute Gasteiger partial charge is 0.460 e. The first-order valence-electron chi connectivity index (χ1n) is 9.35. The first kappa shape index (κ1) is 19.5. The van der Waals surface area contributed by atoms with Gasteiger partial charge in [-0.1, -0.05) is 5.21 Å². The van der Waals surface area contributed by atoms with E-state index in [0.29, 0.717) is 41.9 Å². The van der Waals surface area contributed by atoms with E-state index < -0.39 is 16.0 Å². The predicted octanol–water partition coefficient (Wildman–Crippen LogP) is 2.00. The molecule has 0 amide bonds. The maximum Gasteiger partial charge on any atom is 0.374 e. The zero-order chi connectivity index (χ0) is 20.6. The van der Waals surface area contributed by atoms with E-state index in [-0.39, 0.29) is 23.2 Å². The third-order valence-corrected chi connectivity index (χ3v) is 6.98. The van der Waals surface area contributed by atoms with Gasteiger partial charge in [0.05, 0.1) is 11.5 Å². The van der Waals surface area contributed by atoms with E-state index in [1.54, 1.807) is 26.0 Å². The van der Waals surface area contributed by atoms with Gasteiger partial charge in [-0.2, -0.15) is 9.52 Å². The molecule has 0 radical (unpaired) electrons. The number of fused-ring (bicyclic) bond motifs is 1. The van der Waals surface area contributed by atoms with Crippen LogP contribution in [0.3, 0.4) is 0 Å². The third kappa shape index (κ3) is 3.51. The summed E-state index contributed by atoms with van der Waals surface area (Å²) in [5, 5.41) is 14.5. The molecule has 154 valence electrons. The first-order valence-corrected chi connectivity index (χ1v) is 10.8. The summed E-state index contributed by atoms with van der Waals surface area (Å²) in [6.45, 7) is 4.36. The number of benzene rings is 1. The van der Waals surface area contributed by atoms with E-state index in [1.165, 1.54) is 10.4 Å². The second-order valence-electron chi connectivity index (χ2n) is 6.91. The van der Waals surface area contributed by atoms with Crippen LogP contribution in [0.15, 0.2) is 27.5 Å². The zero-order valence-electron chi connectivity index (χ0n) is 16.1. The molecule has 3 aromatic rings. The molecule has 1 aliphatic rings. The molecule has 29 heavy (non-hydrogen) atoms. The Morgan fingerprint density at radius 3 is 2.97 bits per heavy atom. The quantitative estimate of drug-likeness (QED) is 0.621. The van der Waals surface area contributed by atoms with Crippen LogP contribution in [0, 0.1) is 6.92 Å². The van der Waals surface area contributed by atoms with Crippen molar-refractivity contribution in [1.82, 2.24) is 24.9 Å². The molecular formula is C18H21N5O5S. The number of piperidine rings is 1. The fourth-order valence-corrected chi connectivity index (χ4v) is 5.17. The Bertz CT molecular complexity index is 1140. The van der Waals surface area contributed by atoms with Crippen molar-refractivity contribution < 1.29 is 22.4 Å². The number of aromatic nitrogens is 4. The van der Waals surface area contributed by atoms with E-state index in [4.69, 9.17) is 9.15 Å². The number of carbonyl (C=O) groups is 1. The summed E-state index contributed by atoms with van der Waals surface area (Å²) in [4.78, 5) is 12.2. The van der Waals surface area contributed by atoms with Crippen LogP contribution >= 0.6 is 0 Å². The van der Waals surface area contributed by atoms with Crippen molar-refractivity contribution in [2.75, 3.05) is 19.7 Å². The number of tetrazole rings is 1. The molecular weight excluding hydrogens is 398 g/mol. The van der Waals surface area contributed by atoms with Gasteiger partial charge in [-0.15, -0.1) is 10.2 Å². The van der Waals surface area contributed by atoms with Crippen LogP contribution in [-0.2, 0) is 14.8 Å². The monoisotopic (exact) mass is 419 g/mol. The van der Waals surface area contributed by atoms with Crippen LogP contribution < -0.4 is 0 Å². The van der Waals surface area contributed by atoms with Gasteiger partial charge in [0.25, 0.3) is 0 Å². The van der Waals surface area contributed by atoms with Crippen molar-refractivity contribution in [3.05, 3.63) is 35.3 Å². The normalized spacial score (nSPS) is 18.2. The number of furan rings is 1. The standard InChI is InChI=1S/C18H21N5O5S/c1-3-27-18(24)16-11(2)14-9-13(6-7-15(14)28-16)29(25,26)23-8-4-5-12(10-23)17-19-21-22-20-17/h6-7,9,12H,3-5,8,10H2,1-2H3,(H,19,20,21,22). The van der Waals surface area contributed by atoms with Crippen LogP contribution in [0.2, 0.25) is 0 Å². The molecule has 11 heteroatoms. The highest BCUT2D eigenvalue weighted by Gasteiger charge is 2.33. The summed E-state index contributed by atoms with van der Waals surface area (Å²) < 4.78 is 38.5. The first-order chi connectivity index (χ1) is 13.9. The maximum atomic E-state index is 13.2. The van der Waals surface area contributed by atoms with E-state index >= 15 is 0 Å². The molecule has 1 saturated heterocycles. The van der Waals surface area contributed by atoms with Crippen LogP contribution in [-0.4, -0.2) is 59.0 Å². The van der Waals surface area contributed by atoms with E-state index in [9.17, 15) is 13.2 Å². The maximum absolute atomic E-state index is 13.2. The topological polar surface area (TPSA) is 131 Å². The van der Waals surface area contributed by atoms with E-state index in [0.717, 1.165) is 6.42 Å². The van der Waals surface area contributed by atoms with Gasteiger partial charge in [0.1, 0.15) is 5.58 Å². The Kier molecular flexibility index (Phi) is 5.09. The summed E-state index contributed by atoms with van der Waals surface area (Å²) in [6.07, 6.45) is 1.51. The molecule has 0 spiro atoms. The minimum Gasteiger partial charge on any atom is -0.460 e. The van der Waals surface area contributed by atoms with Gasteiger partial charge in [-0.3, -0.25) is 0 Å². The number of nitrogens with zero attached hydrogens (tertiary/aromatic N) is 4. The SMILES string of the molecule is CCOC(=O)c1oc2ccc(S(=O)(=O)N3CCCC(c4nn[nH]n4)C3)cc2c1C. The number of nitrogens with one attached hydrogen (secondary N) is 1. The molecule has 1 atom stereocenters. The van der Waals surface area contributed by atoms with Gasteiger partial charge in [-0.25, -0.2) is 13.2 Å². The Hall–Kier alpha value is -2.79. The Balaban J connectivity index is 1.66. The molecule has 1 unspecified atom stereocenters. The number of hydrogen-bond donors (Lipinski definition) is 1. The van der Waals surface area contributed by atoms with Gasteiger partial charge in [0.15, 0.2) is 5.82 Å². The molecule has 1 aliphatic heterocycles. The fraction of sp³-hybridized carbons (Fsp3) is 0.444. The van der Waals surface area contributed by atoms with Crippen molar-refractivity contribution in [2.45, 2.75) is 37.5 Å². The Morgan fingerprint density at radius 1 is 1.41 bits per heavy atom. The van der Waals surface area contributed by atoms with Gasteiger partial charge < -0.3 is 9.15 Å². The lowest BCUT2D eigenvalue weighted by Crippen LogP contribution is -2.39. The Labute approximate surface area is 167 Å². The minimum absolute atomic E-state index is 0.0894. The van der Waals surface area contributed by atoms with Crippen LogP contribution in [0.5, 0.6) is 0 Å². The smallest absolute Gasteiger partial charge is 0.374 e. The second kappa shape index (κ2) is 7.56. The third-order valence-electron chi connectivity index (χ3n) is 5.12. The fourth-order valence-electron chi connectivity index (χ4n) is 3.61. The summed E-state index contributed by atoms with van der Waals surface area (Å²) in [5.74, 6) is -0.0617. The van der Waals surface area contributed by atoms with Crippen molar-refractivity contribution in [3.8, 4) is 0 Å². The predicted molar refractivity (Wildman–Crippen MR) is 102 cm³/mol. The lowest BCUT2D eigenvalue weighted by Gasteiger charge is -2.30. The number of carbonyl (C=O) groups excluding carboxylic acids is 1. The summed E-state index contributed by atoms with van der Waals surface area (Å²) in [7, 11) is -3.73. The van der Waals surface area contributed by atoms with Gasteiger partial charge in [-0.05, 0) is 44.9 Å².